The van der Waals surface area contributed by atoms with Gasteiger partial charge in [-0.2, -0.15) is 0 Å². The van der Waals surface area contributed by atoms with Gasteiger partial charge in [-0.15, -0.1) is 11.8 Å². The predicted octanol–water partition coefficient (Wildman–Crippen LogP) is 3.23. The number of aromatic nitrogens is 2. The molecule has 9 heteroatoms. The molecule has 3 N–H and O–H groups in total. The van der Waals surface area contributed by atoms with Gasteiger partial charge in [-0.25, -0.2) is 9.18 Å². The lowest BCUT2D eigenvalue weighted by Crippen LogP contribution is -2.42. The number of carbonyl (C=O) groups is 1. The average Bonchev–Trinajstić information content (AvgIpc) is 2.78. The van der Waals surface area contributed by atoms with Gasteiger partial charge in [-0.3, -0.25) is 19.1 Å². The van der Waals surface area contributed by atoms with E-state index in [1.165, 1.54) is 15.5 Å². The second kappa shape index (κ2) is 10.8. The number of nitrogens with one attached hydrogen (secondary N) is 1. The van der Waals surface area contributed by atoms with Gasteiger partial charge in [0, 0.05) is 11.4 Å². The molecule has 1 heterocycles. The van der Waals surface area contributed by atoms with Crippen molar-refractivity contribution in [3.05, 3.63) is 86.8 Å². The molecule has 2 aromatic carbocycles. The molecule has 0 radical (unpaired) electrons. The van der Waals surface area contributed by atoms with Gasteiger partial charge in [0.15, 0.2) is 5.69 Å². The fourth-order valence-corrected chi connectivity index (χ4v) is 4.03. The first-order chi connectivity index (χ1) is 15.4. The summed E-state index contributed by atoms with van der Waals surface area (Å²) in [7, 11) is 0. The van der Waals surface area contributed by atoms with Gasteiger partial charge in [0.05, 0.1) is 12.3 Å². The van der Waals surface area contributed by atoms with Gasteiger partial charge in [-0.05, 0) is 24.1 Å². The lowest BCUT2D eigenvalue weighted by Gasteiger charge is -2.24. The topological polar surface area (TPSA) is 101 Å². The number of benzene rings is 2. The Bertz CT molecular complexity index is 1190. The van der Waals surface area contributed by atoms with Gasteiger partial charge in [0.25, 0.3) is 5.56 Å². The van der Waals surface area contributed by atoms with Crippen LogP contribution in [0.1, 0.15) is 25.3 Å². The van der Waals surface area contributed by atoms with Crippen LogP contribution < -0.4 is 21.9 Å². The van der Waals surface area contributed by atoms with Crippen LogP contribution in [0.5, 0.6) is 0 Å². The minimum absolute atomic E-state index is 0.0619. The number of anilines is 2. The monoisotopic (exact) mass is 456 g/mol. The van der Waals surface area contributed by atoms with Crippen LogP contribution in [0.3, 0.4) is 0 Å². The summed E-state index contributed by atoms with van der Waals surface area (Å²) in [4.78, 5) is 42.1. The highest BCUT2D eigenvalue weighted by molar-refractivity contribution is 8.00. The number of unbranched alkanes of at least 4 members (excludes halogenated alkanes) is 1. The van der Waals surface area contributed by atoms with E-state index >= 15 is 0 Å². The van der Waals surface area contributed by atoms with Crippen molar-refractivity contribution in [1.82, 2.24) is 9.55 Å². The number of amides is 1. The molecule has 0 aliphatic carbocycles. The summed E-state index contributed by atoms with van der Waals surface area (Å²) in [5, 5.41) is 0. The largest absolute Gasteiger partial charge is 0.383 e. The molecule has 168 valence electrons. The molecule has 7 nitrogen and oxygen atoms in total. The number of thioether (sulfide) groups is 1. The highest BCUT2D eigenvalue weighted by Gasteiger charge is 2.24. The van der Waals surface area contributed by atoms with Crippen molar-refractivity contribution in [3.63, 3.8) is 0 Å². The molecule has 32 heavy (non-hydrogen) atoms. The zero-order valence-electron chi connectivity index (χ0n) is 17.7. The van der Waals surface area contributed by atoms with Gasteiger partial charge < -0.3 is 10.6 Å². The molecule has 0 fully saturated rings. The zero-order valence-corrected chi connectivity index (χ0v) is 18.5. The van der Waals surface area contributed by atoms with Crippen LogP contribution >= 0.6 is 11.8 Å². The van der Waals surface area contributed by atoms with Crippen molar-refractivity contribution in [3.8, 4) is 0 Å². The second-order valence-electron chi connectivity index (χ2n) is 7.18. The molecule has 0 unspecified atom stereocenters. The molecular formula is C23H25FN4O3S. The number of H-pyrrole nitrogens is 1. The van der Waals surface area contributed by atoms with Gasteiger partial charge in [0.1, 0.15) is 11.6 Å². The molecule has 3 rings (SSSR count). The standard InChI is InChI=1S/C23H25FN4O3S/c1-2-3-13-27(19(29)15-32-18-12-8-7-11-17(18)24)20-21(25)28(23(31)26-22(20)30)14-16-9-5-4-6-10-16/h4-12H,2-3,13-15,25H2,1H3,(H,26,30,31). The van der Waals surface area contributed by atoms with Crippen molar-refractivity contribution in [2.24, 2.45) is 0 Å². The quantitative estimate of drug-likeness (QED) is 0.482. The molecule has 0 atom stereocenters. The molecule has 0 aliphatic rings. The van der Waals surface area contributed by atoms with Crippen LogP contribution in [0, 0.1) is 5.82 Å². The third-order valence-corrected chi connectivity index (χ3v) is 5.93. The number of nitrogens with two attached hydrogens (primary N) is 1. The molecular weight excluding hydrogens is 431 g/mol. The van der Waals surface area contributed by atoms with Crippen LogP contribution in [0.2, 0.25) is 0 Å². The fraction of sp³-hybridized carbons (Fsp3) is 0.261. The van der Waals surface area contributed by atoms with Gasteiger partial charge in [0.2, 0.25) is 5.91 Å². The SMILES string of the molecule is CCCCN(C(=O)CSc1ccccc1F)c1c(N)n(Cc2ccccc2)c(=O)[nH]c1=O. The predicted molar refractivity (Wildman–Crippen MR) is 126 cm³/mol. The lowest BCUT2D eigenvalue weighted by atomic mass is 10.2. The maximum Gasteiger partial charge on any atom is 0.330 e. The summed E-state index contributed by atoms with van der Waals surface area (Å²) in [6.07, 6.45) is 1.42. The highest BCUT2D eigenvalue weighted by Crippen LogP contribution is 2.24. The molecule has 0 spiro atoms. The number of rotatable bonds is 9. The fourth-order valence-electron chi connectivity index (χ4n) is 3.22. The smallest absolute Gasteiger partial charge is 0.330 e. The van der Waals surface area contributed by atoms with Crippen LogP contribution in [-0.2, 0) is 11.3 Å². The van der Waals surface area contributed by atoms with E-state index in [0.29, 0.717) is 11.3 Å². The number of nitrogen functional groups attached to an aromatic ring is 1. The Morgan fingerprint density at radius 1 is 1.12 bits per heavy atom. The molecule has 1 aromatic heterocycles. The van der Waals surface area contributed by atoms with Crippen LogP contribution in [0.4, 0.5) is 15.9 Å². The molecule has 0 bridgehead atoms. The zero-order chi connectivity index (χ0) is 23.1. The summed E-state index contributed by atoms with van der Waals surface area (Å²) >= 11 is 1.05. The van der Waals surface area contributed by atoms with Gasteiger partial charge >= 0.3 is 5.69 Å². The van der Waals surface area contributed by atoms with Crippen LogP contribution in [-0.4, -0.2) is 27.8 Å². The van der Waals surface area contributed by atoms with E-state index in [0.717, 1.165) is 23.7 Å². The molecule has 0 saturated heterocycles. The third-order valence-electron chi connectivity index (χ3n) is 4.89. The minimum atomic E-state index is -0.725. The maximum absolute atomic E-state index is 13.9. The van der Waals surface area contributed by atoms with Crippen molar-refractivity contribution in [1.29, 1.82) is 0 Å². The van der Waals surface area contributed by atoms with E-state index < -0.39 is 23.0 Å². The number of hydrogen-bond acceptors (Lipinski definition) is 5. The van der Waals surface area contributed by atoms with Gasteiger partial charge in [-0.1, -0.05) is 55.8 Å². The second-order valence-corrected chi connectivity index (χ2v) is 8.20. The molecule has 1 amide bonds. The van der Waals surface area contributed by atoms with E-state index in [-0.39, 0.29) is 30.3 Å². The highest BCUT2D eigenvalue weighted by atomic mass is 32.2. The van der Waals surface area contributed by atoms with E-state index in [1.807, 2.05) is 37.3 Å². The number of halogens is 1. The normalized spacial score (nSPS) is 10.8. The minimum Gasteiger partial charge on any atom is -0.383 e. The Hall–Kier alpha value is -3.33. The number of aromatic amines is 1. The maximum atomic E-state index is 13.9. The molecule has 0 saturated carbocycles. The van der Waals surface area contributed by atoms with Crippen molar-refractivity contribution >= 4 is 29.2 Å². The Labute approximate surface area is 189 Å². The number of hydrogen-bond donors (Lipinski definition) is 2. The van der Waals surface area contributed by atoms with Crippen LogP contribution in [0.15, 0.2) is 69.1 Å². The lowest BCUT2D eigenvalue weighted by molar-refractivity contribution is -0.116. The number of carbonyl (C=O) groups excluding carboxylic acids is 1. The number of nitrogens with zero attached hydrogens (tertiary/aromatic N) is 2. The Morgan fingerprint density at radius 2 is 1.81 bits per heavy atom. The molecule has 3 aromatic rings. The van der Waals surface area contributed by atoms with E-state index in [9.17, 15) is 18.8 Å². The third kappa shape index (κ3) is 5.47. The average molecular weight is 457 g/mol. The summed E-state index contributed by atoms with van der Waals surface area (Å²) in [5.74, 6) is -0.975. The summed E-state index contributed by atoms with van der Waals surface area (Å²) in [6.45, 7) is 2.36. The first-order valence-corrected chi connectivity index (χ1v) is 11.2. The Balaban J connectivity index is 1.94. The van der Waals surface area contributed by atoms with Crippen molar-refractivity contribution < 1.29 is 9.18 Å². The Morgan fingerprint density at radius 3 is 2.50 bits per heavy atom. The van der Waals surface area contributed by atoms with Crippen molar-refractivity contribution in [2.45, 2.75) is 31.2 Å². The summed E-state index contributed by atoms with van der Waals surface area (Å²) in [6, 6.07) is 15.4. The summed E-state index contributed by atoms with van der Waals surface area (Å²) in [5.41, 5.74) is 5.64. The first-order valence-electron chi connectivity index (χ1n) is 10.3. The van der Waals surface area contributed by atoms with Crippen LogP contribution in [0.25, 0.3) is 0 Å². The van der Waals surface area contributed by atoms with E-state index in [4.69, 9.17) is 5.73 Å². The van der Waals surface area contributed by atoms with E-state index in [2.05, 4.69) is 4.98 Å². The molecule has 0 aliphatic heterocycles. The van der Waals surface area contributed by atoms with E-state index in [1.54, 1.807) is 18.2 Å². The van der Waals surface area contributed by atoms with Crippen molar-refractivity contribution in [2.75, 3.05) is 22.9 Å². The first kappa shape index (κ1) is 23.3. The Kier molecular flexibility index (Phi) is 7.88. The summed E-state index contributed by atoms with van der Waals surface area (Å²) < 4.78 is 15.2.